The minimum absolute atomic E-state index is 0.180. The van der Waals surface area contributed by atoms with Crippen LogP contribution in [0, 0.1) is 13.8 Å². The third-order valence-corrected chi connectivity index (χ3v) is 3.30. The molecule has 0 saturated carbocycles. The maximum Gasteiger partial charge on any atom is 0.335 e. The van der Waals surface area contributed by atoms with Crippen molar-refractivity contribution in [3.63, 3.8) is 0 Å². The van der Waals surface area contributed by atoms with Gasteiger partial charge in [0.25, 0.3) is 5.91 Å². The van der Waals surface area contributed by atoms with Gasteiger partial charge in [0.05, 0.1) is 16.8 Å². The summed E-state index contributed by atoms with van der Waals surface area (Å²) in [5, 5.41) is 15.9. The molecule has 1 aromatic carbocycles. The molecule has 0 saturated heterocycles. The lowest BCUT2D eigenvalue weighted by Crippen LogP contribution is -2.14. The van der Waals surface area contributed by atoms with Gasteiger partial charge in [-0.05, 0) is 45.0 Å². The normalized spacial score (nSPS) is 10.4. The van der Waals surface area contributed by atoms with Gasteiger partial charge in [0.15, 0.2) is 0 Å². The Labute approximate surface area is 122 Å². The van der Waals surface area contributed by atoms with E-state index in [-0.39, 0.29) is 11.5 Å². The van der Waals surface area contributed by atoms with Crippen LogP contribution in [0.3, 0.4) is 0 Å². The third kappa shape index (κ3) is 2.94. The molecule has 0 atom stereocenters. The molecule has 6 nitrogen and oxygen atoms in total. The zero-order chi connectivity index (χ0) is 15.6. The summed E-state index contributed by atoms with van der Waals surface area (Å²) in [6, 6.07) is 6.03. The van der Waals surface area contributed by atoms with Crippen LogP contribution in [0.1, 0.15) is 39.0 Å². The number of rotatable bonds is 4. The van der Waals surface area contributed by atoms with Gasteiger partial charge in [0.1, 0.15) is 0 Å². The number of benzene rings is 1. The molecule has 0 fully saturated rings. The first-order chi connectivity index (χ1) is 9.93. The van der Waals surface area contributed by atoms with E-state index in [9.17, 15) is 9.59 Å². The second kappa shape index (κ2) is 5.78. The van der Waals surface area contributed by atoms with Crippen LogP contribution in [0.25, 0.3) is 0 Å². The molecule has 0 aliphatic rings. The van der Waals surface area contributed by atoms with Crippen molar-refractivity contribution in [3.05, 3.63) is 46.8 Å². The van der Waals surface area contributed by atoms with Gasteiger partial charge < -0.3 is 10.4 Å². The number of carboxylic acids is 1. The van der Waals surface area contributed by atoms with E-state index in [4.69, 9.17) is 5.11 Å². The first-order valence-electron chi connectivity index (χ1n) is 6.62. The molecule has 21 heavy (non-hydrogen) atoms. The highest BCUT2D eigenvalue weighted by molar-refractivity contribution is 6.06. The molecule has 1 heterocycles. The summed E-state index contributed by atoms with van der Waals surface area (Å²) in [4.78, 5) is 23.1. The number of carboxylic acid groups (broad SMARTS) is 1. The number of carbonyl (C=O) groups is 2. The zero-order valence-corrected chi connectivity index (χ0v) is 12.2. The molecule has 6 heteroatoms. The first kappa shape index (κ1) is 14.8. The largest absolute Gasteiger partial charge is 0.478 e. The monoisotopic (exact) mass is 287 g/mol. The fraction of sp³-hybridized carbons (Fsp3) is 0.267. The third-order valence-electron chi connectivity index (χ3n) is 3.30. The minimum Gasteiger partial charge on any atom is -0.478 e. The van der Waals surface area contributed by atoms with Crippen LogP contribution in [0.5, 0.6) is 0 Å². The predicted molar refractivity (Wildman–Crippen MR) is 78.7 cm³/mol. The van der Waals surface area contributed by atoms with E-state index in [1.807, 2.05) is 13.8 Å². The van der Waals surface area contributed by atoms with E-state index in [2.05, 4.69) is 10.4 Å². The van der Waals surface area contributed by atoms with Crippen molar-refractivity contribution in [3.8, 4) is 0 Å². The van der Waals surface area contributed by atoms with Crippen LogP contribution in [0.4, 0.5) is 5.69 Å². The summed E-state index contributed by atoms with van der Waals surface area (Å²) >= 11 is 0. The second-order valence-corrected chi connectivity index (χ2v) is 4.70. The van der Waals surface area contributed by atoms with Gasteiger partial charge in [-0.3, -0.25) is 9.48 Å². The number of hydrogen-bond donors (Lipinski definition) is 2. The van der Waals surface area contributed by atoms with E-state index in [0.29, 0.717) is 23.5 Å². The molecular weight excluding hydrogens is 270 g/mol. The predicted octanol–water partition coefficient (Wildman–Crippen LogP) is 2.47. The van der Waals surface area contributed by atoms with Crippen LogP contribution < -0.4 is 5.32 Å². The number of aromatic nitrogens is 2. The van der Waals surface area contributed by atoms with E-state index in [1.54, 1.807) is 23.7 Å². The van der Waals surface area contributed by atoms with Crippen molar-refractivity contribution in [1.29, 1.82) is 0 Å². The number of nitrogens with zero attached hydrogens (tertiary/aromatic N) is 2. The van der Waals surface area contributed by atoms with Crippen molar-refractivity contribution in [2.75, 3.05) is 5.32 Å². The Morgan fingerprint density at radius 2 is 1.86 bits per heavy atom. The lowest BCUT2D eigenvalue weighted by atomic mass is 10.1. The highest BCUT2D eigenvalue weighted by atomic mass is 16.4. The maximum atomic E-state index is 12.3. The number of hydrogen-bond acceptors (Lipinski definition) is 3. The van der Waals surface area contributed by atoms with E-state index < -0.39 is 5.97 Å². The van der Waals surface area contributed by atoms with Gasteiger partial charge in [-0.1, -0.05) is 0 Å². The highest BCUT2D eigenvalue weighted by Gasteiger charge is 2.18. The molecule has 110 valence electrons. The minimum atomic E-state index is -0.996. The molecule has 2 N–H and O–H groups in total. The lowest BCUT2D eigenvalue weighted by molar-refractivity contribution is 0.0696. The van der Waals surface area contributed by atoms with Crippen LogP contribution in [-0.2, 0) is 6.54 Å². The standard InChI is InChI=1S/C15H17N3O3/c1-4-18-10(3)13(9(2)17-18)14(19)16-12-7-5-11(6-8-12)15(20)21/h5-8H,4H2,1-3H3,(H,16,19)(H,20,21). The molecule has 0 aliphatic carbocycles. The van der Waals surface area contributed by atoms with Gasteiger partial charge in [-0.15, -0.1) is 0 Å². The Morgan fingerprint density at radius 3 is 2.33 bits per heavy atom. The van der Waals surface area contributed by atoms with E-state index in [0.717, 1.165) is 5.69 Å². The fourth-order valence-electron chi connectivity index (χ4n) is 2.22. The molecule has 0 radical (unpaired) electrons. The molecule has 2 aromatic rings. The quantitative estimate of drug-likeness (QED) is 0.904. The summed E-state index contributed by atoms with van der Waals surface area (Å²) < 4.78 is 1.78. The van der Waals surface area contributed by atoms with Crippen LogP contribution in [-0.4, -0.2) is 26.8 Å². The number of anilines is 1. The van der Waals surface area contributed by atoms with Gasteiger partial charge in [-0.2, -0.15) is 5.10 Å². The summed E-state index contributed by atoms with van der Waals surface area (Å²) in [6.07, 6.45) is 0. The Bertz CT molecular complexity index is 687. The molecule has 2 rings (SSSR count). The molecule has 1 aromatic heterocycles. The highest BCUT2D eigenvalue weighted by Crippen LogP contribution is 2.16. The molecule has 0 unspecified atom stereocenters. The Kier molecular flexibility index (Phi) is 4.07. The van der Waals surface area contributed by atoms with Crippen molar-refractivity contribution in [2.24, 2.45) is 0 Å². The van der Waals surface area contributed by atoms with Gasteiger partial charge >= 0.3 is 5.97 Å². The average Bonchev–Trinajstić information content (AvgIpc) is 2.73. The summed E-state index contributed by atoms with van der Waals surface area (Å²) in [6.45, 7) is 6.31. The fourth-order valence-corrected chi connectivity index (χ4v) is 2.22. The average molecular weight is 287 g/mol. The molecule has 0 aliphatic heterocycles. The van der Waals surface area contributed by atoms with E-state index in [1.165, 1.54) is 12.1 Å². The first-order valence-corrected chi connectivity index (χ1v) is 6.62. The van der Waals surface area contributed by atoms with Gasteiger partial charge in [0, 0.05) is 17.9 Å². The SMILES string of the molecule is CCn1nc(C)c(C(=O)Nc2ccc(C(=O)O)cc2)c1C. The van der Waals surface area contributed by atoms with Crippen molar-refractivity contribution < 1.29 is 14.7 Å². The molecule has 0 bridgehead atoms. The lowest BCUT2D eigenvalue weighted by Gasteiger charge is -2.06. The van der Waals surface area contributed by atoms with Crippen molar-refractivity contribution >= 4 is 17.6 Å². The number of carbonyl (C=O) groups excluding carboxylic acids is 1. The molecule has 1 amide bonds. The Morgan fingerprint density at radius 1 is 1.24 bits per heavy atom. The number of aryl methyl sites for hydroxylation is 2. The van der Waals surface area contributed by atoms with Crippen molar-refractivity contribution in [2.45, 2.75) is 27.3 Å². The number of amides is 1. The van der Waals surface area contributed by atoms with Gasteiger partial charge in [0.2, 0.25) is 0 Å². The second-order valence-electron chi connectivity index (χ2n) is 4.70. The number of aromatic carboxylic acids is 1. The number of nitrogens with one attached hydrogen (secondary N) is 1. The van der Waals surface area contributed by atoms with Crippen LogP contribution >= 0.6 is 0 Å². The Hall–Kier alpha value is -2.63. The zero-order valence-electron chi connectivity index (χ0n) is 12.2. The molecular formula is C15H17N3O3. The van der Waals surface area contributed by atoms with Crippen LogP contribution in [0.2, 0.25) is 0 Å². The van der Waals surface area contributed by atoms with Crippen LogP contribution in [0.15, 0.2) is 24.3 Å². The summed E-state index contributed by atoms with van der Waals surface area (Å²) in [5.74, 6) is -1.24. The molecule has 0 spiro atoms. The smallest absolute Gasteiger partial charge is 0.335 e. The van der Waals surface area contributed by atoms with Crippen molar-refractivity contribution in [1.82, 2.24) is 9.78 Å². The summed E-state index contributed by atoms with van der Waals surface area (Å²) in [7, 11) is 0. The van der Waals surface area contributed by atoms with E-state index >= 15 is 0 Å². The summed E-state index contributed by atoms with van der Waals surface area (Å²) in [5.41, 5.74) is 2.77. The van der Waals surface area contributed by atoms with Gasteiger partial charge in [-0.25, -0.2) is 4.79 Å². The maximum absolute atomic E-state index is 12.3. The Balaban J connectivity index is 2.22. The topological polar surface area (TPSA) is 84.2 Å².